The van der Waals surface area contributed by atoms with E-state index in [-0.39, 0.29) is 32.6 Å². The third-order valence-electron chi connectivity index (χ3n) is 7.96. The second kappa shape index (κ2) is 13.6. The minimum atomic E-state index is -4.75. The van der Waals surface area contributed by atoms with E-state index < -0.39 is 17.6 Å². The smallest absolute Gasteiger partial charge is 0.422 e. The van der Waals surface area contributed by atoms with Crippen LogP contribution in [0.5, 0.6) is 11.8 Å². The number of hydrogen-bond donors (Lipinski definition) is 0. The Morgan fingerprint density at radius 2 is 1.46 bits per heavy atom. The SMILES string of the molecule is Cc1cc2c([c-]c(-c3ccc(C(F)(F)F)c(Oc4cc(-c5ccccc5)cc(-c5[c-]cccc5)n4)n3)c3cnc(-c4ccccc4)nc32)s1.[Pt+2]. The van der Waals surface area contributed by atoms with Crippen LogP contribution in [-0.4, -0.2) is 19.9 Å². The fourth-order valence-corrected chi connectivity index (χ4v) is 6.60. The number of alkyl halides is 3. The number of aromatic nitrogens is 4. The van der Waals surface area contributed by atoms with Crippen molar-refractivity contribution in [2.45, 2.75) is 13.1 Å². The van der Waals surface area contributed by atoms with Gasteiger partial charge in [0.05, 0.1) is 0 Å². The van der Waals surface area contributed by atoms with Crippen LogP contribution >= 0.6 is 11.3 Å². The van der Waals surface area contributed by atoms with Gasteiger partial charge in [0.25, 0.3) is 0 Å². The average molecular weight is 860 g/mol. The Morgan fingerprint density at radius 3 is 2.18 bits per heavy atom. The van der Waals surface area contributed by atoms with Gasteiger partial charge in [-0.25, -0.2) is 9.97 Å². The molecule has 10 heteroatoms. The largest absolute Gasteiger partial charge is 2.00 e. The van der Waals surface area contributed by atoms with Crippen molar-refractivity contribution in [3.63, 3.8) is 0 Å². The fourth-order valence-electron chi connectivity index (χ4n) is 5.68. The Kier molecular flexibility index (Phi) is 9.03. The van der Waals surface area contributed by atoms with Crippen LogP contribution < -0.4 is 4.74 Å². The van der Waals surface area contributed by atoms with Crippen molar-refractivity contribution in [3.05, 3.63) is 144 Å². The first-order valence-corrected chi connectivity index (χ1v) is 16.1. The van der Waals surface area contributed by atoms with Gasteiger partial charge < -0.3 is 4.74 Å². The van der Waals surface area contributed by atoms with Crippen molar-refractivity contribution in [2.75, 3.05) is 0 Å². The van der Waals surface area contributed by atoms with Crippen molar-refractivity contribution >= 4 is 32.3 Å². The number of pyridine rings is 2. The first kappa shape index (κ1) is 33.3. The topological polar surface area (TPSA) is 60.8 Å². The molecule has 4 aromatic carbocycles. The zero-order valence-electron chi connectivity index (χ0n) is 26.1. The Balaban J connectivity index is 0.00000392. The maximum atomic E-state index is 14.5. The molecule has 5 nitrogen and oxygen atoms in total. The number of fused-ring (bicyclic) bond motifs is 3. The summed E-state index contributed by atoms with van der Waals surface area (Å²) in [5.41, 5.74) is 3.89. The molecule has 50 heavy (non-hydrogen) atoms. The van der Waals surface area contributed by atoms with E-state index in [1.54, 1.807) is 18.3 Å². The molecule has 246 valence electrons. The van der Waals surface area contributed by atoms with E-state index in [9.17, 15) is 13.2 Å². The number of halogens is 3. The Labute approximate surface area is 303 Å². The number of benzene rings is 4. The van der Waals surface area contributed by atoms with Crippen LogP contribution in [0, 0.1) is 19.1 Å². The van der Waals surface area contributed by atoms with Crippen molar-refractivity contribution in [1.82, 2.24) is 19.9 Å². The van der Waals surface area contributed by atoms with Gasteiger partial charge in [0.1, 0.15) is 5.56 Å². The molecule has 8 rings (SSSR count). The van der Waals surface area contributed by atoms with Crippen LogP contribution in [0.3, 0.4) is 0 Å². The number of rotatable bonds is 6. The molecule has 0 unspecified atom stereocenters. The molecule has 0 aliphatic carbocycles. The molecule has 0 N–H and O–H groups in total. The van der Waals surface area contributed by atoms with Gasteiger partial charge in [-0.3, -0.25) is 9.97 Å². The summed E-state index contributed by atoms with van der Waals surface area (Å²) in [5.74, 6) is -0.134. The second-order valence-corrected chi connectivity index (χ2v) is 12.5. The van der Waals surface area contributed by atoms with Crippen LogP contribution in [0.2, 0.25) is 0 Å². The van der Waals surface area contributed by atoms with Gasteiger partial charge in [-0.05, 0) is 45.2 Å². The minimum Gasteiger partial charge on any atom is -0.422 e. The molecule has 4 aromatic heterocycles. The van der Waals surface area contributed by atoms with E-state index in [4.69, 9.17) is 9.72 Å². The second-order valence-electron chi connectivity index (χ2n) is 11.3. The molecular formula is C40H23F3N4OPtS. The first-order chi connectivity index (χ1) is 23.8. The van der Waals surface area contributed by atoms with E-state index in [1.807, 2.05) is 97.9 Å². The fraction of sp³-hybridized carbons (Fsp3) is 0.0500. The summed E-state index contributed by atoms with van der Waals surface area (Å²) in [6.45, 7) is 1.99. The Bertz CT molecular complexity index is 2420. The monoisotopic (exact) mass is 859 g/mol. The van der Waals surface area contributed by atoms with Crippen LogP contribution in [0.15, 0.2) is 121 Å². The third kappa shape index (κ3) is 6.54. The average Bonchev–Trinajstić information content (AvgIpc) is 3.52. The van der Waals surface area contributed by atoms with Crippen LogP contribution in [0.25, 0.3) is 66.0 Å². The van der Waals surface area contributed by atoms with Crippen LogP contribution in [-0.2, 0) is 27.2 Å². The van der Waals surface area contributed by atoms with Gasteiger partial charge in [0, 0.05) is 17.1 Å². The molecule has 8 aromatic rings. The van der Waals surface area contributed by atoms with Crippen molar-refractivity contribution < 1.29 is 39.0 Å². The quantitative estimate of drug-likeness (QED) is 0.156. The van der Waals surface area contributed by atoms with Crippen molar-refractivity contribution in [3.8, 4) is 56.8 Å². The molecule has 0 amide bonds. The minimum absolute atomic E-state index is 0. The number of aryl methyl sites for hydroxylation is 1. The molecule has 0 fully saturated rings. The van der Waals surface area contributed by atoms with E-state index in [0.29, 0.717) is 39.1 Å². The Morgan fingerprint density at radius 1 is 0.720 bits per heavy atom. The maximum absolute atomic E-state index is 14.5. The predicted molar refractivity (Wildman–Crippen MR) is 186 cm³/mol. The predicted octanol–water partition coefficient (Wildman–Crippen LogP) is 11.0. The molecule has 0 atom stereocenters. The van der Waals surface area contributed by atoms with Gasteiger partial charge >= 0.3 is 27.2 Å². The van der Waals surface area contributed by atoms with Gasteiger partial charge in [-0.1, -0.05) is 95.7 Å². The molecule has 0 saturated heterocycles. The third-order valence-corrected chi connectivity index (χ3v) is 8.92. The zero-order valence-corrected chi connectivity index (χ0v) is 29.2. The molecule has 0 spiro atoms. The van der Waals surface area contributed by atoms with Gasteiger partial charge in [-0.2, -0.15) is 24.5 Å². The molecule has 0 bridgehead atoms. The molecule has 0 aliphatic heterocycles. The summed E-state index contributed by atoms with van der Waals surface area (Å²) in [5, 5.41) is 1.49. The normalized spacial score (nSPS) is 11.4. The summed E-state index contributed by atoms with van der Waals surface area (Å²) in [6.07, 6.45) is -3.07. The van der Waals surface area contributed by atoms with E-state index >= 15 is 0 Å². The number of nitrogens with zero attached hydrogens (tertiary/aromatic N) is 4. The van der Waals surface area contributed by atoms with Gasteiger partial charge in [-0.15, -0.1) is 47.5 Å². The Hall–Kier alpha value is -5.24. The zero-order chi connectivity index (χ0) is 33.5. The molecule has 4 heterocycles. The van der Waals surface area contributed by atoms with Crippen molar-refractivity contribution in [2.24, 2.45) is 0 Å². The van der Waals surface area contributed by atoms with Gasteiger partial charge in [0.15, 0.2) is 5.82 Å². The molecule has 0 saturated carbocycles. The number of ether oxygens (including phenoxy) is 1. The first-order valence-electron chi connectivity index (χ1n) is 15.3. The summed E-state index contributed by atoms with van der Waals surface area (Å²) in [6, 6.07) is 40.7. The van der Waals surface area contributed by atoms with E-state index in [0.717, 1.165) is 32.2 Å². The standard InChI is InChI=1S/C40H23F3N4OS.Pt/c1-24-19-30-35(49-24)22-29(31-23-44-38(47-37(30)31)27-15-9-4-10-16-27)33-18-17-32(40(41,42)43)39(46-33)48-36-21-28(25-11-5-2-6-12-25)20-34(45-36)26-13-7-3-8-14-26;/h2-13,15-21,23H,1H3;/q-2;+2. The van der Waals surface area contributed by atoms with E-state index in [2.05, 4.69) is 27.1 Å². The summed E-state index contributed by atoms with van der Waals surface area (Å²) in [7, 11) is 0. The summed E-state index contributed by atoms with van der Waals surface area (Å²) >= 11 is 1.52. The van der Waals surface area contributed by atoms with E-state index in [1.165, 1.54) is 17.4 Å². The number of thiophene rings is 1. The molecular weight excluding hydrogens is 837 g/mol. The van der Waals surface area contributed by atoms with Crippen LogP contribution in [0.1, 0.15) is 10.4 Å². The van der Waals surface area contributed by atoms with Crippen LogP contribution in [0.4, 0.5) is 13.2 Å². The molecule has 0 radical (unpaired) electrons. The summed E-state index contributed by atoms with van der Waals surface area (Å²) in [4.78, 5) is 19.7. The van der Waals surface area contributed by atoms with Gasteiger partial charge in [0.2, 0.25) is 11.8 Å². The maximum Gasteiger partial charge on any atom is 2.00 e. The summed E-state index contributed by atoms with van der Waals surface area (Å²) < 4.78 is 50.2. The van der Waals surface area contributed by atoms with Crippen molar-refractivity contribution in [1.29, 1.82) is 0 Å². The molecule has 0 aliphatic rings. The number of hydrogen-bond acceptors (Lipinski definition) is 6.